The van der Waals surface area contributed by atoms with Gasteiger partial charge in [0, 0.05) is 11.5 Å². The Morgan fingerprint density at radius 1 is 1.13 bits per heavy atom. The fourth-order valence-corrected chi connectivity index (χ4v) is 12.1. The molecule has 2 heterocycles. The summed E-state index contributed by atoms with van der Waals surface area (Å²) in [7, 11) is 0. The van der Waals surface area contributed by atoms with E-state index in [9.17, 15) is 9.90 Å². The number of allylic oxidation sites excluding steroid dienone is 1. The van der Waals surface area contributed by atoms with Crippen LogP contribution in [0.15, 0.2) is 11.6 Å². The zero-order valence-corrected chi connectivity index (χ0v) is 30.5. The van der Waals surface area contributed by atoms with Crippen LogP contribution in [0.3, 0.4) is 0 Å². The minimum Gasteiger partial charge on any atom is -0.481 e. The molecule has 47 heavy (non-hydrogen) atoms. The highest BCUT2D eigenvalue weighted by Gasteiger charge is 2.72. The number of hydrogen-bond donors (Lipinski definition) is 3. The number of nitrogens with zero attached hydrogens (tertiary/aromatic N) is 4. The summed E-state index contributed by atoms with van der Waals surface area (Å²) in [5.74, 6) is 0.697. The van der Waals surface area contributed by atoms with Gasteiger partial charge in [-0.05, 0) is 95.0 Å². The molecule has 10 nitrogen and oxygen atoms in total. The molecule has 264 valence electrons. The first-order valence-electron chi connectivity index (χ1n) is 18.4. The molecule has 3 saturated carbocycles. The normalized spacial score (nSPS) is 44.8. The van der Waals surface area contributed by atoms with Gasteiger partial charge >= 0.3 is 5.97 Å². The molecule has 1 aromatic rings. The van der Waals surface area contributed by atoms with Gasteiger partial charge in [-0.3, -0.25) is 4.79 Å². The van der Waals surface area contributed by atoms with Crippen molar-refractivity contribution in [2.75, 3.05) is 25.6 Å². The number of anilines is 1. The van der Waals surface area contributed by atoms with E-state index < -0.39 is 22.7 Å². The van der Waals surface area contributed by atoms with Crippen molar-refractivity contribution in [3.05, 3.63) is 11.6 Å². The number of aliphatic carboxylic acids is 1. The Morgan fingerprint density at radius 3 is 2.47 bits per heavy atom. The van der Waals surface area contributed by atoms with Gasteiger partial charge in [0.15, 0.2) is 0 Å². The topological polar surface area (TPSA) is 151 Å². The Balaban J connectivity index is 1.50. The van der Waals surface area contributed by atoms with Crippen molar-refractivity contribution in [1.82, 2.24) is 20.2 Å². The van der Waals surface area contributed by atoms with Crippen molar-refractivity contribution < 1.29 is 19.4 Å². The maximum atomic E-state index is 13.5. The second-order valence-corrected chi connectivity index (χ2v) is 17.9. The molecule has 0 amide bonds. The standard InChI is InChI=1S/C37H62N6O4/c1-10-22(4)26(38)18-47-30-27(43-41-32(39)40-42-43)17-33(6)19-46-20-37(30)25-13-14-36(9)29(31(44)45)34(7,23(5)21(2)3)15-16-35(36,8)24(25)11-12-28(33)37/h13,21-24,26-30H,10-12,14-20,38H2,1-9H3,(H2,39,41)(H,44,45)/t22-,23+,24-,26+,27+,28+,29+,30-,33+,34+,35+,36-,37-/m0/s1. The van der Waals surface area contributed by atoms with E-state index >= 15 is 0 Å². The number of fused-ring (bicyclic) bond motifs is 3. The first-order chi connectivity index (χ1) is 22.0. The third kappa shape index (κ3) is 4.88. The van der Waals surface area contributed by atoms with Gasteiger partial charge in [0.05, 0.1) is 31.8 Å². The van der Waals surface area contributed by atoms with Crippen LogP contribution in [0.4, 0.5) is 5.95 Å². The number of ether oxygens (including phenoxy) is 2. The molecule has 10 heteroatoms. The molecule has 4 fully saturated rings. The molecule has 1 saturated heterocycles. The Kier molecular flexibility index (Phi) is 8.73. The van der Waals surface area contributed by atoms with Gasteiger partial charge in [0.1, 0.15) is 6.04 Å². The lowest BCUT2D eigenvalue weighted by Gasteiger charge is -2.71. The van der Waals surface area contributed by atoms with Crippen molar-refractivity contribution in [1.29, 1.82) is 0 Å². The van der Waals surface area contributed by atoms with Gasteiger partial charge in [-0.25, -0.2) is 0 Å². The fraction of sp³-hybridized carbons (Fsp3) is 0.892. The van der Waals surface area contributed by atoms with Crippen LogP contribution in [0, 0.1) is 62.6 Å². The van der Waals surface area contributed by atoms with E-state index in [1.54, 1.807) is 4.80 Å². The summed E-state index contributed by atoms with van der Waals surface area (Å²) in [6, 6.07) is -0.277. The Labute approximate surface area is 282 Å². The largest absolute Gasteiger partial charge is 0.481 e. The number of nitrogen functional groups attached to an aromatic ring is 1. The molecule has 1 aromatic heterocycles. The quantitative estimate of drug-likeness (QED) is 0.267. The monoisotopic (exact) mass is 654 g/mol. The molecular weight excluding hydrogens is 592 g/mol. The zero-order chi connectivity index (χ0) is 34.3. The van der Waals surface area contributed by atoms with Gasteiger partial charge in [-0.2, -0.15) is 4.80 Å². The van der Waals surface area contributed by atoms with Crippen LogP contribution in [-0.4, -0.2) is 63.2 Å². The second kappa shape index (κ2) is 11.8. The summed E-state index contributed by atoms with van der Waals surface area (Å²) >= 11 is 0. The summed E-state index contributed by atoms with van der Waals surface area (Å²) in [4.78, 5) is 15.2. The smallest absolute Gasteiger partial charge is 0.307 e. The highest BCUT2D eigenvalue weighted by molar-refractivity contribution is 5.73. The van der Waals surface area contributed by atoms with Crippen LogP contribution in [0.1, 0.15) is 113 Å². The van der Waals surface area contributed by atoms with E-state index in [0.717, 1.165) is 44.9 Å². The average molecular weight is 655 g/mol. The SMILES string of the molecule is CC[C@H](C)[C@H](N)CO[C@H]1[C@H](n2nnc(N)n2)C[C@]2(C)COC[C@@]13C1=CC[C@@]4(C)[C@H](C(=O)O)[C@@](C)([C@H](C)C(C)C)CC[C@]4(C)[C@H]1CC[C@H]23. The van der Waals surface area contributed by atoms with Crippen molar-refractivity contribution in [2.45, 2.75) is 125 Å². The summed E-state index contributed by atoms with van der Waals surface area (Å²) < 4.78 is 13.8. The first-order valence-corrected chi connectivity index (χ1v) is 18.4. The number of rotatable bonds is 9. The van der Waals surface area contributed by atoms with Crippen molar-refractivity contribution in [3.8, 4) is 0 Å². The minimum atomic E-state index is -0.640. The minimum absolute atomic E-state index is 0.0991. The van der Waals surface area contributed by atoms with Crippen LogP contribution in [0.25, 0.3) is 0 Å². The van der Waals surface area contributed by atoms with Crippen LogP contribution < -0.4 is 11.5 Å². The molecule has 0 unspecified atom stereocenters. The number of aromatic nitrogens is 4. The number of carboxylic acids is 1. The molecule has 0 aromatic carbocycles. The lowest BCUT2D eigenvalue weighted by atomic mass is 9.34. The summed E-state index contributed by atoms with van der Waals surface area (Å²) in [6.45, 7) is 22.2. The van der Waals surface area contributed by atoms with E-state index in [2.05, 4.69) is 83.8 Å². The molecule has 4 aliphatic carbocycles. The molecular formula is C37H62N6O4. The summed E-state index contributed by atoms with van der Waals surface area (Å²) in [6.07, 6.45) is 8.74. The Hall–Kier alpha value is -2.04. The van der Waals surface area contributed by atoms with Crippen LogP contribution in [0.5, 0.6) is 0 Å². The number of carbonyl (C=O) groups is 1. The van der Waals surface area contributed by atoms with Crippen molar-refractivity contribution in [3.63, 3.8) is 0 Å². The summed E-state index contributed by atoms with van der Waals surface area (Å²) in [5, 5.41) is 24.2. The Morgan fingerprint density at radius 2 is 1.85 bits per heavy atom. The number of hydrogen-bond acceptors (Lipinski definition) is 8. The van der Waals surface area contributed by atoms with Crippen LogP contribution in [0.2, 0.25) is 0 Å². The van der Waals surface area contributed by atoms with Gasteiger partial charge in [0.2, 0.25) is 0 Å². The molecule has 13 atom stereocenters. The first kappa shape index (κ1) is 34.8. The van der Waals surface area contributed by atoms with Gasteiger partial charge < -0.3 is 26.0 Å². The zero-order valence-electron chi connectivity index (χ0n) is 30.5. The maximum absolute atomic E-state index is 13.5. The van der Waals surface area contributed by atoms with E-state index in [0.29, 0.717) is 43.5 Å². The maximum Gasteiger partial charge on any atom is 0.307 e. The second-order valence-electron chi connectivity index (χ2n) is 17.9. The van der Waals surface area contributed by atoms with Crippen LogP contribution in [-0.2, 0) is 14.3 Å². The highest BCUT2D eigenvalue weighted by Crippen LogP contribution is 2.75. The fourth-order valence-electron chi connectivity index (χ4n) is 12.1. The van der Waals surface area contributed by atoms with Crippen molar-refractivity contribution >= 4 is 11.9 Å². The van der Waals surface area contributed by atoms with Gasteiger partial charge in [-0.15, -0.1) is 5.10 Å². The number of tetrazole rings is 1. The van der Waals surface area contributed by atoms with E-state index in [1.807, 2.05) is 0 Å². The predicted octanol–water partition coefficient (Wildman–Crippen LogP) is 6.14. The lowest BCUT2D eigenvalue weighted by molar-refractivity contribution is -0.254. The highest BCUT2D eigenvalue weighted by atomic mass is 16.5. The van der Waals surface area contributed by atoms with Crippen molar-refractivity contribution in [2.24, 2.45) is 68.3 Å². The number of nitrogens with two attached hydrogens (primary N) is 2. The third-order valence-electron chi connectivity index (χ3n) is 15.6. The molecule has 5 N–H and O–H groups in total. The molecule has 2 bridgehead atoms. The summed E-state index contributed by atoms with van der Waals surface area (Å²) in [5.41, 5.74) is 12.8. The van der Waals surface area contributed by atoms with Crippen LogP contribution >= 0.6 is 0 Å². The van der Waals surface area contributed by atoms with E-state index in [4.69, 9.17) is 20.9 Å². The third-order valence-corrected chi connectivity index (χ3v) is 15.6. The predicted molar refractivity (Wildman–Crippen MR) is 182 cm³/mol. The molecule has 5 aliphatic rings. The van der Waals surface area contributed by atoms with Gasteiger partial charge in [-0.1, -0.05) is 85.5 Å². The van der Waals surface area contributed by atoms with E-state index in [-0.39, 0.29) is 46.3 Å². The lowest BCUT2D eigenvalue weighted by Crippen LogP contribution is -2.70. The van der Waals surface area contributed by atoms with E-state index in [1.165, 1.54) is 5.57 Å². The Bertz CT molecular complexity index is 1380. The molecule has 0 radical (unpaired) electrons. The number of carboxylic acid groups (broad SMARTS) is 1. The molecule has 6 rings (SSSR count). The van der Waals surface area contributed by atoms with Gasteiger partial charge in [0.25, 0.3) is 5.95 Å². The average Bonchev–Trinajstić information content (AvgIpc) is 3.45. The molecule has 1 aliphatic heterocycles. The molecule has 0 spiro atoms.